The van der Waals surface area contributed by atoms with E-state index in [0.29, 0.717) is 19.6 Å². The molecule has 0 saturated carbocycles. The molecule has 0 spiro atoms. The molecule has 1 unspecified atom stereocenters. The van der Waals surface area contributed by atoms with E-state index in [2.05, 4.69) is 5.32 Å². The van der Waals surface area contributed by atoms with E-state index in [9.17, 15) is 18.7 Å². The van der Waals surface area contributed by atoms with E-state index in [1.165, 1.54) is 24.3 Å². The van der Waals surface area contributed by atoms with Gasteiger partial charge in [0.05, 0.1) is 6.04 Å². The summed E-state index contributed by atoms with van der Waals surface area (Å²) in [7, 11) is 0. The number of hydrogen-bond donors (Lipinski definition) is 2. The molecule has 6 heteroatoms. The molecule has 0 radical (unpaired) electrons. The van der Waals surface area contributed by atoms with Crippen molar-refractivity contribution in [2.75, 3.05) is 19.6 Å². The lowest BCUT2D eigenvalue weighted by atomic mass is 9.94. The summed E-state index contributed by atoms with van der Waals surface area (Å²) in [5, 5.41) is 12.6. The smallest absolute Gasteiger partial charge is 0.322 e. The van der Waals surface area contributed by atoms with E-state index < -0.39 is 12.0 Å². The van der Waals surface area contributed by atoms with Gasteiger partial charge in [0.1, 0.15) is 17.7 Å². The standard InChI is InChI=1S/C18H18F2N2O2/c19-14-5-1-12(2-6-14)17(13-3-7-15(20)8-4-13)22-10-9-21-11-16(22)18(23)24/h1-8,16-17,21H,9-11H2,(H,23,24). The second-order valence-electron chi connectivity index (χ2n) is 5.80. The minimum Gasteiger partial charge on any atom is -0.480 e. The fourth-order valence-electron chi connectivity index (χ4n) is 3.12. The van der Waals surface area contributed by atoms with Gasteiger partial charge in [-0.3, -0.25) is 9.69 Å². The van der Waals surface area contributed by atoms with Crippen molar-refractivity contribution in [3.8, 4) is 0 Å². The number of piperazine rings is 1. The Morgan fingerprint density at radius 2 is 1.54 bits per heavy atom. The quantitative estimate of drug-likeness (QED) is 0.903. The first-order valence-electron chi connectivity index (χ1n) is 7.76. The van der Waals surface area contributed by atoms with Crippen molar-refractivity contribution >= 4 is 5.97 Å². The molecule has 1 atom stereocenters. The van der Waals surface area contributed by atoms with Crippen molar-refractivity contribution in [3.05, 3.63) is 71.3 Å². The number of nitrogens with one attached hydrogen (secondary N) is 1. The third-order valence-electron chi connectivity index (χ3n) is 4.27. The lowest BCUT2D eigenvalue weighted by molar-refractivity contribution is -0.144. The highest BCUT2D eigenvalue weighted by molar-refractivity contribution is 5.74. The molecule has 2 aromatic rings. The molecule has 1 heterocycles. The average Bonchev–Trinajstić information content (AvgIpc) is 2.59. The topological polar surface area (TPSA) is 52.6 Å². The summed E-state index contributed by atoms with van der Waals surface area (Å²) in [5.74, 6) is -1.63. The number of benzene rings is 2. The van der Waals surface area contributed by atoms with Gasteiger partial charge in [-0.15, -0.1) is 0 Å². The van der Waals surface area contributed by atoms with Gasteiger partial charge in [0.15, 0.2) is 0 Å². The summed E-state index contributed by atoms with van der Waals surface area (Å²) in [4.78, 5) is 13.5. The van der Waals surface area contributed by atoms with Crippen molar-refractivity contribution in [2.24, 2.45) is 0 Å². The van der Waals surface area contributed by atoms with Crippen LogP contribution in [0.1, 0.15) is 17.2 Å². The number of carboxylic acid groups (broad SMARTS) is 1. The molecule has 2 aromatic carbocycles. The third-order valence-corrected chi connectivity index (χ3v) is 4.27. The minimum absolute atomic E-state index is 0.328. The minimum atomic E-state index is -0.920. The fourth-order valence-corrected chi connectivity index (χ4v) is 3.12. The van der Waals surface area contributed by atoms with Crippen molar-refractivity contribution in [1.82, 2.24) is 10.2 Å². The van der Waals surface area contributed by atoms with Crippen LogP contribution in [0.2, 0.25) is 0 Å². The van der Waals surface area contributed by atoms with Crippen LogP contribution >= 0.6 is 0 Å². The van der Waals surface area contributed by atoms with E-state index in [1.807, 2.05) is 4.90 Å². The van der Waals surface area contributed by atoms with Gasteiger partial charge in [-0.2, -0.15) is 0 Å². The molecule has 0 aliphatic carbocycles. The van der Waals surface area contributed by atoms with Crippen molar-refractivity contribution in [1.29, 1.82) is 0 Å². The summed E-state index contributed by atoms with van der Waals surface area (Å²) >= 11 is 0. The second kappa shape index (κ2) is 7.07. The van der Waals surface area contributed by atoms with Gasteiger partial charge < -0.3 is 10.4 Å². The van der Waals surface area contributed by atoms with Gasteiger partial charge in [0.25, 0.3) is 0 Å². The molecule has 0 aromatic heterocycles. The van der Waals surface area contributed by atoms with Crippen LogP contribution < -0.4 is 5.32 Å². The maximum Gasteiger partial charge on any atom is 0.322 e. The molecule has 0 amide bonds. The van der Waals surface area contributed by atoms with Crippen LogP contribution in [0.25, 0.3) is 0 Å². The number of carboxylic acids is 1. The average molecular weight is 332 g/mol. The molecular weight excluding hydrogens is 314 g/mol. The Morgan fingerprint density at radius 1 is 1.04 bits per heavy atom. The molecule has 1 aliphatic rings. The predicted octanol–water partition coefficient (Wildman–Crippen LogP) is 2.41. The Bertz CT molecular complexity index is 658. The van der Waals surface area contributed by atoms with Gasteiger partial charge in [-0.05, 0) is 35.4 Å². The maximum absolute atomic E-state index is 13.3. The molecule has 2 N–H and O–H groups in total. The Hall–Kier alpha value is -2.31. The number of aliphatic carboxylic acids is 1. The van der Waals surface area contributed by atoms with E-state index >= 15 is 0 Å². The first-order chi connectivity index (χ1) is 11.6. The summed E-state index contributed by atoms with van der Waals surface area (Å²) in [5.41, 5.74) is 1.55. The van der Waals surface area contributed by atoms with Crippen LogP contribution in [-0.4, -0.2) is 41.7 Å². The van der Waals surface area contributed by atoms with Gasteiger partial charge in [0, 0.05) is 19.6 Å². The SMILES string of the molecule is O=C(O)C1CNCCN1C(c1ccc(F)cc1)c1ccc(F)cc1. The molecule has 3 rings (SSSR count). The molecule has 1 aliphatic heterocycles. The molecular formula is C18H18F2N2O2. The molecule has 126 valence electrons. The molecule has 1 saturated heterocycles. The maximum atomic E-state index is 13.3. The van der Waals surface area contributed by atoms with Gasteiger partial charge in [0.2, 0.25) is 0 Å². The molecule has 4 nitrogen and oxygen atoms in total. The number of hydrogen-bond acceptors (Lipinski definition) is 3. The van der Waals surface area contributed by atoms with Crippen LogP contribution in [0.5, 0.6) is 0 Å². The Balaban J connectivity index is 2.05. The number of halogens is 2. The van der Waals surface area contributed by atoms with Gasteiger partial charge in [-0.1, -0.05) is 24.3 Å². The number of nitrogens with zero attached hydrogens (tertiary/aromatic N) is 1. The summed E-state index contributed by atoms with van der Waals surface area (Å²) in [6, 6.07) is 10.9. The van der Waals surface area contributed by atoms with E-state index in [4.69, 9.17) is 0 Å². The molecule has 0 bridgehead atoms. The van der Waals surface area contributed by atoms with Crippen LogP contribution in [0.4, 0.5) is 8.78 Å². The van der Waals surface area contributed by atoms with E-state index in [-0.39, 0.29) is 17.7 Å². The van der Waals surface area contributed by atoms with E-state index in [1.54, 1.807) is 24.3 Å². The normalized spacial score (nSPS) is 18.7. The third kappa shape index (κ3) is 3.44. The summed E-state index contributed by atoms with van der Waals surface area (Å²) in [6.07, 6.45) is 0. The largest absolute Gasteiger partial charge is 0.480 e. The molecule has 24 heavy (non-hydrogen) atoms. The van der Waals surface area contributed by atoms with Crippen molar-refractivity contribution < 1.29 is 18.7 Å². The summed E-state index contributed by atoms with van der Waals surface area (Å²) < 4.78 is 26.6. The van der Waals surface area contributed by atoms with Crippen LogP contribution in [0.3, 0.4) is 0 Å². The highest BCUT2D eigenvalue weighted by Gasteiger charge is 2.35. The second-order valence-corrected chi connectivity index (χ2v) is 5.80. The number of rotatable bonds is 4. The lowest BCUT2D eigenvalue weighted by Crippen LogP contribution is -2.56. The fraction of sp³-hybridized carbons (Fsp3) is 0.278. The highest BCUT2D eigenvalue weighted by Crippen LogP contribution is 2.31. The van der Waals surface area contributed by atoms with Crippen molar-refractivity contribution in [2.45, 2.75) is 12.1 Å². The summed E-state index contributed by atoms with van der Waals surface area (Å²) in [6.45, 7) is 1.51. The monoisotopic (exact) mass is 332 g/mol. The first kappa shape index (κ1) is 16.5. The zero-order valence-electron chi connectivity index (χ0n) is 13.0. The predicted molar refractivity (Wildman–Crippen MR) is 85.6 cm³/mol. The van der Waals surface area contributed by atoms with Gasteiger partial charge >= 0.3 is 5.97 Å². The first-order valence-corrected chi connectivity index (χ1v) is 7.76. The van der Waals surface area contributed by atoms with Crippen LogP contribution in [0, 0.1) is 11.6 Å². The van der Waals surface area contributed by atoms with Crippen LogP contribution in [0.15, 0.2) is 48.5 Å². The Morgan fingerprint density at radius 3 is 2.00 bits per heavy atom. The van der Waals surface area contributed by atoms with Crippen molar-refractivity contribution in [3.63, 3.8) is 0 Å². The Labute approximate surface area is 138 Å². The number of carbonyl (C=O) groups is 1. The highest BCUT2D eigenvalue weighted by atomic mass is 19.1. The Kier molecular flexibility index (Phi) is 4.87. The van der Waals surface area contributed by atoms with Crippen LogP contribution in [-0.2, 0) is 4.79 Å². The zero-order valence-corrected chi connectivity index (χ0v) is 13.0. The lowest BCUT2D eigenvalue weighted by Gasteiger charge is -2.40. The molecule has 1 fully saturated rings. The van der Waals surface area contributed by atoms with E-state index in [0.717, 1.165) is 11.1 Å². The zero-order chi connectivity index (χ0) is 17.1. The van der Waals surface area contributed by atoms with Gasteiger partial charge in [-0.25, -0.2) is 8.78 Å².